The highest BCUT2D eigenvalue weighted by Gasteiger charge is 2.30. The van der Waals surface area contributed by atoms with Crippen LogP contribution in [0.15, 0.2) is 72.8 Å². The van der Waals surface area contributed by atoms with Gasteiger partial charge in [-0.2, -0.15) is 0 Å². The van der Waals surface area contributed by atoms with E-state index in [1.165, 1.54) is 57.8 Å². The van der Waals surface area contributed by atoms with Gasteiger partial charge in [-0.15, -0.1) is 0 Å². The minimum Gasteiger partial charge on any atom is -0.491 e. The molecule has 0 saturated heterocycles. The van der Waals surface area contributed by atoms with Gasteiger partial charge in [0, 0.05) is 19.8 Å². The van der Waals surface area contributed by atoms with Crippen LogP contribution in [0.25, 0.3) is 0 Å². The van der Waals surface area contributed by atoms with Crippen LogP contribution >= 0.6 is 0 Å². The molecule has 9 nitrogen and oxygen atoms in total. The van der Waals surface area contributed by atoms with Gasteiger partial charge in [0.15, 0.2) is 0 Å². The van der Waals surface area contributed by atoms with E-state index in [2.05, 4.69) is 20.8 Å². The molecule has 0 spiro atoms. The number of hydrogen-bond acceptors (Lipinski definition) is 9. The Morgan fingerprint density at radius 2 is 0.577 bits per heavy atom. The molecule has 0 aromatic heterocycles. The molecule has 0 aliphatic carbocycles. The van der Waals surface area contributed by atoms with Crippen LogP contribution in [-0.4, -0.2) is 66.8 Å². The zero-order valence-corrected chi connectivity index (χ0v) is 32.0. The number of hydrogen-bond donors (Lipinski definition) is 0. The first-order chi connectivity index (χ1) is 25.7. The van der Waals surface area contributed by atoms with Crippen molar-refractivity contribution in [2.75, 3.05) is 59.5 Å². The first kappa shape index (κ1) is 42.8. The molecule has 0 atom stereocenters. The van der Waals surface area contributed by atoms with Crippen molar-refractivity contribution in [1.29, 1.82) is 0 Å². The molecule has 0 aliphatic heterocycles. The van der Waals surface area contributed by atoms with Crippen molar-refractivity contribution in [3.05, 3.63) is 72.8 Å². The lowest BCUT2D eigenvalue weighted by molar-refractivity contribution is 0.0971. The fourth-order valence-corrected chi connectivity index (χ4v) is 5.10. The fraction of sp³-hybridized carbons (Fsp3) is 0.571. The third kappa shape index (κ3) is 20.4. The summed E-state index contributed by atoms with van der Waals surface area (Å²) in [6.07, 6.45) is 14.3. The van der Waals surface area contributed by atoms with Crippen molar-refractivity contribution in [2.24, 2.45) is 0 Å². The van der Waals surface area contributed by atoms with E-state index in [1.54, 1.807) is 0 Å². The number of rotatable bonds is 33. The minimum atomic E-state index is -1.08. The van der Waals surface area contributed by atoms with Crippen molar-refractivity contribution >= 4 is 7.32 Å². The van der Waals surface area contributed by atoms with Crippen molar-refractivity contribution in [1.82, 2.24) is 0 Å². The van der Waals surface area contributed by atoms with Crippen molar-refractivity contribution in [2.45, 2.75) is 97.8 Å². The third-order valence-corrected chi connectivity index (χ3v) is 8.08. The lowest BCUT2D eigenvalue weighted by Gasteiger charge is -2.17. The first-order valence-corrected chi connectivity index (χ1v) is 19.6. The predicted octanol–water partition coefficient (Wildman–Crippen LogP) is 10.1. The van der Waals surface area contributed by atoms with Crippen LogP contribution in [0, 0.1) is 0 Å². The first-order valence-electron chi connectivity index (χ1n) is 19.6. The lowest BCUT2D eigenvalue weighted by Crippen LogP contribution is -2.36. The summed E-state index contributed by atoms with van der Waals surface area (Å²) in [6.45, 7) is 12.1. The molecule has 0 saturated carbocycles. The Kier molecular flexibility index (Phi) is 23.8. The summed E-state index contributed by atoms with van der Waals surface area (Å²) >= 11 is 0. The van der Waals surface area contributed by atoms with Crippen LogP contribution in [0.1, 0.15) is 97.8 Å². The third-order valence-electron chi connectivity index (χ3n) is 8.08. The molecule has 3 aromatic rings. The standard InChI is InChI=1S/C42H63BO9/c1-4-7-10-13-28-44-31-34-47-37-16-22-40(23-17-37)50-43(51-41-24-18-38(19-25-41)48-35-32-45-29-14-11-8-5-2)52-42-26-20-39(21-27-42)49-36-33-46-30-15-12-9-6-3/h16-27H,4-15,28-36H2,1-3H3. The summed E-state index contributed by atoms with van der Waals surface area (Å²) < 4.78 is 53.1. The van der Waals surface area contributed by atoms with E-state index < -0.39 is 7.32 Å². The van der Waals surface area contributed by atoms with Gasteiger partial charge in [-0.1, -0.05) is 78.6 Å². The summed E-state index contributed by atoms with van der Waals surface area (Å²) in [4.78, 5) is 0. The SMILES string of the molecule is CCCCCCOCCOc1ccc(OB(Oc2ccc(OCCOCCCCCC)cc2)Oc2ccc(OCCOCCCCCC)cc2)cc1. The van der Waals surface area contributed by atoms with Crippen molar-refractivity contribution in [3.63, 3.8) is 0 Å². The van der Waals surface area contributed by atoms with Crippen LogP contribution in [0.5, 0.6) is 34.5 Å². The molecule has 3 rings (SSSR count). The number of ether oxygens (including phenoxy) is 6. The van der Waals surface area contributed by atoms with Crippen LogP contribution < -0.4 is 28.2 Å². The molecule has 0 amide bonds. The van der Waals surface area contributed by atoms with Crippen LogP contribution in [0.2, 0.25) is 0 Å². The quantitative estimate of drug-likeness (QED) is 0.0451. The normalized spacial score (nSPS) is 10.9. The van der Waals surface area contributed by atoms with E-state index in [-0.39, 0.29) is 0 Å². The number of unbranched alkanes of at least 4 members (excludes halogenated alkanes) is 9. The molecule has 0 unspecified atom stereocenters. The van der Waals surface area contributed by atoms with Crippen molar-refractivity contribution in [3.8, 4) is 34.5 Å². The Labute approximate surface area is 313 Å². The molecule has 0 aliphatic rings. The highest BCUT2D eigenvalue weighted by molar-refractivity contribution is 6.39. The highest BCUT2D eigenvalue weighted by Crippen LogP contribution is 2.24. The number of benzene rings is 3. The second-order valence-corrected chi connectivity index (χ2v) is 12.6. The maximum atomic E-state index is 6.16. The Morgan fingerprint density at radius 3 is 0.846 bits per heavy atom. The summed E-state index contributed by atoms with van der Waals surface area (Å²) in [5.74, 6) is 3.89. The molecule has 288 valence electrons. The van der Waals surface area contributed by atoms with Crippen molar-refractivity contribution < 1.29 is 42.4 Å². The van der Waals surface area contributed by atoms with Crippen LogP contribution in [-0.2, 0) is 14.2 Å². The highest BCUT2D eigenvalue weighted by atomic mass is 16.7. The van der Waals surface area contributed by atoms with E-state index in [0.717, 1.165) is 56.3 Å². The van der Waals surface area contributed by atoms with E-state index in [4.69, 9.17) is 42.4 Å². The van der Waals surface area contributed by atoms with E-state index >= 15 is 0 Å². The van der Waals surface area contributed by atoms with Gasteiger partial charge in [0.05, 0.1) is 19.8 Å². The van der Waals surface area contributed by atoms with Gasteiger partial charge in [0.25, 0.3) is 0 Å². The molecule has 52 heavy (non-hydrogen) atoms. The maximum absolute atomic E-state index is 6.16. The summed E-state index contributed by atoms with van der Waals surface area (Å²) in [7, 11) is -1.08. The van der Waals surface area contributed by atoms with Gasteiger partial charge in [-0.25, -0.2) is 0 Å². The van der Waals surface area contributed by atoms with Gasteiger partial charge in [0.2, 0.25) is 0 Å². The van der Waals surface area contributed by atoms with Crippen LogP contribution in [0.4, 0.5) is 0 Å². The summed E-state index contributed by atoms with van der Waals surface area (Å²) in [5.41, 5.74) is 0. The van der Waals surface area contributed by atoms with Gasteiger partial charge in [0.1, 0.15) is 54.3 Å². The second-order valence-electron chi connectivity index (χ2n) is 12.6. The Hall–Kier alpha value is -3.60. The summed E-state index contributed by atoms with van der Waals surface area (Å²) in [6, 6.07) is 22.1. The zero-order valence-electron chi connectivity index (χ0n) is 32.0. The zero-order chi connectivity index (χ0) is 36.7. The smallest absolute Gasteiger partial charge is 0.491 e. The van der Waals surface area contributed by atoms with E-state index in [9.17, 15) is 0 Å². The Bertz CT molecular complexity index is 1090. The second kappa shape index (κ2) is 28.9. The molecule has 10 heteroatoms. The molecule has 3 aromatic carbocycles. The van der Waals surface area contributed by atoms with Gasteiger partial charge < -0.3 is 42.4 Å². The van der Waals surface area contributed by atoms with E-state index in [0.29, 0.717) is 56.9 Å². The molecule has 0 bridgehead atoms. The summed E-state index contributed by atoms with van der Waals surface area (Å²) in [5, 5.41) is 0. The predicted molar refractivity (Wildman–Crippen MR) is 208 cm³/mol. The monoisotopic (exact) mass is 722 g/mol. The molecule has 0 fully saturated rings. The van der Waals surface area contributed by atoms with Gasteiger partial charge in [-0.3, -0.25) is 0 Å². The topological polar surface area (TPSA) is 83.1 Å². The maximum Gasteiger partial charge on any atom is 0.864 e. The molecular weight excluding hydrogens is 659 g/mol. The fourth-order valence-electron chi connectivity index (χ4n) is 5.10. The molecule has 0 N–H and O–H groups in total. The largest absolute Gasteiger partial charge is 0.864 e. The average Bonchev–Trinajstić information content (AvgIpc) is 3.17. The van der Waals surface area contributed by atoms with Gasteiger partial charge in [-0.05, 0) is 92.1 Å². The molecule has 0 radical (unpaired) electrons. The molecular formula is C42H63BO9. The minimum absolute atomic E-state index is 0.486. The molecule has 0 heterocycles. The van der Waals surface area contributed by atoms with Crippen LogP contribution in [0.3, 0.4) is 0 Å². The Morgan fingerprint density at radius 1 is 0.308 bits per heavy atom. The lowest BCUT2D eigenvalue weighted by atomic mass is 10.2. The Balaban J connectivity index is 1.50. The van der Waals surface area contributed by atoms with Gasteiger partial charge >= 0.3 is 7.32 Å². The van der Waals surface area contributed by atoms with E-state index in [1.807, 2.05) is 72.8 Å². The average molecular weight is 723 g/mol.